The van der Waals surface area contributed by atoms with Crippen LogP contribution in [0.1, 0.15) is 34.9 Å². The monoisotopic (exact) mass is 329 g/mol. The second-order valence-electron chi connectivity index (χ2n) is 5.67. The molecule has 2 unspecified atom stereocenters. The summed E-state index contributed by atoms with van der Waals surface area (Å²) < 4.78 is 1.18. The van der Waals surface area contributed by atoms with Crippen molar-refractivity contribution in [3.05, 3.63) is 69.7 Å². The van der Waals surface area contributed by atoms with Gasteiger partial charge >= 0.3 is 0 Å². The number of nitrogens with one attached hydrogen (secondary N) is 1. The molecule has 20 heavy (non-hydrogen) atoms. The highest BCUT2D eigenvalue weighted by Gasteiger charge is 2.27. The first-order chi connectivity index (χ1) is 9.74. The minimum absolute atomic E-state index is 0.568. The largest absolute Gasteiger partial charge is 0.316 e. The molecule has 2 aromatic rings. The van der Waals surface area contributed by atoms with Gasteiger partial charge in [-0.15, -0.1) is 0 Å². The van der Waals surface area contributed by atoms with E-state index in [0.29, 0.717) is 11.8 Å². The van der Waals surface area contributed by atoms with E-state index in [-0.39, 0.29) is 0 Å². The van der Waals surface area contributed by atoms with E-state index < -0.39 is 0 Å². The Labute approximate surface area is 129 Å². The Morgan fingerprint density at radius 2 is 1.80 bits per heavy atom. The molecular weight excluding hydrogens is 310 g/mol. The number of halogens is 1. The van der Waals surface area contributed by atoms with Crippen LogP contribution in [0.2, 0.25) is 0 Å². The van der Waals surface area contributed by atoms with Crippen molar-refractivity contribution in [1.29, 1.82) is 0 Å². The first-order valence-electron chi connectivity index (χ1n) is 7.27. The number of aryl methyl sites for hydroxylation is 1. The quantitative estimate of drug-likeness (QED) is 0.847. The fourth-order valence-corrected chi connectivity index (χ4v) is 3.58. The molecule has 1 heterocycles. The van der Waals surface area contributed by atoms with Gasteiger partial charge in [-0.25, -0.2) is 0 Å². The molecule has 2 heteroatoms. The summed E-state index contributed by atoms with van der Waals surface area (Å²) >= 11 is 3.60. The van der Waals surface area contributed by atoms with E-state index in [2.05, 4.69) is 76.7 Å². The van der Waals surface area contributed by atoms with Crippen molar-refractivity contribution in [1.82, 2.24) is 5.32 Å². The van der Waals surface area contributed by atoms with Gasteiger partial charge in [0, 0.05) is 16.9 Å². The third kappa shape index (κ3) is 2.97. The third-order valence-electron chi connectivity index (χ3n) is 4.26. The smallest absolute Gasteiger partial charge is 0.0178 e. The van der Waals surface area contributed by atoms with Crippen LogP contribution in [0.3, 0.4) is 0 Å². The molecule has 1 N–H and O–H groups in total. The normalized spacial score (nSPS) is 22.7. The number of hydrogen-bond donors (Lipinski definition) is 1. The SMILES string of the molecule is Cc1ccc(C2CNCCC2c2cccc(Br)c2)cc1. The van der Waals surface area contributed by atoms with E-state index in [1.807, 2.05) is 0 Å². The highest BCUT2D eigenvalue weighted by Crippen LogP contribution is 2.38. The molecule has 0 spiro atoms. The first-order valence-corrected chi connectivity index (χ1v) is 8.06. The number of hydrogen-bond acceptors (Lipinski definition) is 1. The number of rotatable bonds is 2. The van der Waals surface area contributed by atoms with Crippen molar-refractivity contribution in [2.24, 2.45) is 0 Å². The Morgan fingerprint density at radius 1 is 1.00 bits per heavy atom. The zero-order valence-corrected chi connectivity index (χ0v) is 13.4. The Bertz CT molecular complexity index is 576. The van der Waals surface area contributed by atoms with Crippen molar-refractivity contribution in [3.63, 3.8) is 0 Å². The summed E-state index contributed by atoms with van der Waals surface area (Å²) in [6.07, 6.45) is 1.20. The van der Waals surface area contributed by atoms with Crippen molar-refractivity contribution in [2.75, 3.05) is 13.1 Å². The zero-order chi connectivity index (χ0) is 13.9. The third-order valence-corrected chi connectivity index (χ3v) is 4.76. The lowest BCUT2D eigenvalue weighted by molar-refractivity contribution is 0.404. The zero-order valence-electron chi connectivity index (χ0n) is 11.8. The maximum absolute atomic E-state index is 3.60. The Kier molecular flexibility index (Phi) is 4.23. The molecule has 1 fully saturated rings. The molecule has 104 valence electrons. The van der Waals surface area contributed by atoms with Gasteiger partial charge in [0.25, 0.3) is 0 Å². The summed E-state index contributed by atoms with van der Waals surface area (Å²) in [5, 5.41) is 3.55. The predicted molar refractivity (Wildman–Crippen MR) is 88.3 cm³/mol. The van der Waals surface area contributed by atoms with E-state index in [1.54, 1.807) is 0 Å². The highest BCUT2D eigenvalue weighted by atomic mass is 79.9. The Morgan fingerprint density at radius 3 is 2.55 bits per heavy atom. The average molecular weight is 330 g/mol. The minimum atomic E-state index is 0.568. The van der Waals surface area contributed by atoms with Crippen LogP contribution in [-0.4, -0.2) is 13.1 Å². The van der Waals surface area contributed by atoms with Crippen LogP contribution in [-0.2, 0) is 0 Å². The van der Waals surface area contributed by atoms with Crippen LogP contribution >= 0.6 is 15.9 Å². The van der Waals surface area contributed by atoms with E-state index >= 15 is 0 Å². The topological polar surface area (TPSA) is 12.0 Å². The minimum Gasteiger partial charge on any atom is -0.316 e. The van der Waals surface area contributed by atoms with Crippen LogP contribution in [0.4, 0.5) is 0 Å². The fourth-order valence-electron chi connectivity index (χ4n) is 3.16. The van der Waals surface area contributed by atoms with Crippen LogP contribution in [0.5, 0.6) is 0 Å². The molecule has 2 aromatic carbocycles. The maximum atomic E-state index is 3.60. The van der Waals surface area contributed by atoms with E-state index in [4.69, 9.17) is 0 Å². The number of piperidine rings is 1. The summed E-state index contributed by atoms with van der Waals surface area (Å²) in [5.41, 5.74) is 4.23. The van der Waals surface area contributed by atoms with E-state index in [1.165, 1.54) is 27.6 Å². The van der Waals surface area contributed by atoms with Gasteiger partial charge in [0.1, 0.15) is 0 Å². The van der Waals surface area contributed by atoms with Gasteiger partial charge in [-0.05, 0) is 49.1 Å². The molecule has 1 aliphatic heterocycles. The van der Waals surface area contributed by atoms with Gasteiger partial charge in [0.15, 0.2) is 0 Å². The fraction of sp³-hybridized carbons (Fsp3) is 0.333. The van der Waals surface area contributed by atoms with Crippen molar-refractivity contribution >= 4 is 15.9 Å². The highest BCUT2D eigenvalue weighted by molar-refractivity contribution is 9.10. The molecule has 3 rings (SSSR count). The van der Waals surface area contributed by atoms with Gasteiger partial charge in [-0.3, -0.25) is 0 Å². The molecule has 0 amide bonds. The molecule has 1 aliphatic rings. The second-order valence-corrected chi connectivity index (χ2v) is 6.59. The summed E-state index contributed by atoms with van der Waals surface area (Å²) in [7, 11) is 0. The van der Waals surface area contributed by atoms with Crippen LogP contribution < -0.4 is 5.32 Å². The Balaban J connectivity index is 1.93. The predicted octanol–water partition coefficient (Wildman–Crippen LogP) is 4.62. The van der Waals surface area contributed by atoms with Gasteiger partial charge in [0.2, 0.25) is 0 Å². The van der Waals surface area contributed by atoms with Crippen LogP contribution in [0.15, 0.2) is 53.0 Å². The molecule has 1 saturated heterocycles. The molecular formula is C18H20BrN. The van der Waals surface area contributed by atoms with E-state index in [0.717, 1.165) is 13.1 Å². The van der Waals surface area contributed by atoms with Crippen LogP contribution in [0.25, 0.3) is 0 Å². The Hall–Kier alpha value is -1.12. The summed E-state index contributed by atoms with van der Waals surface area (Å²) in [5.74, 6) is 1.18. The molecule has 1 nitrogen and oxygen atoms in total. The lowest BCUT2D eigenvalue weighted by Crippen LogP contribution is -2.34. The molecule has 0 bridgehead atoms. The summed E-state index contributed by atoms with van der Waals surface area (Å²) in [6.45, 7) is 4.33. The molecule has 0 radical (unpaired) electrons. The van der Waals surface area contributed by atoms with Crippen molar-refractivity contribution in [2.45, 2.75) is 25.2 Å². The van der Waals surface area contributed by atoms with Crippen molar-refractivity contribution in [3.8, 4) is 0 Å². The average Bonchev–Trinajstić information content (AvgIpc) is 2.48. The van der Waals surface area contributed by atoms with Crippen LogP contribution in [0, 0.1) is 6.92 Å². The second kappa shape index (κ2) is 6.11. The molecule has 0 aliphatic carbocycles. The van der Waals surface area contributed by atoms with Gasteiger partial charge in [0.05, 0.1) is 0 Å². The molecule has 0 aromatic heterocycles. The summed E-state index contributed by atoms with van der Waals surface area (Å²) in [4.78, 5) is 0. The van der Waals surface area contributed by atoms with Gasteiger partial charge < -0.3 is 5.32 Å². The van der Waals surface area contributed by atoms with Gasteiger partial charge in [-0.1, -0.05) is 57.9 Å². The van der Waals surface area contributed by atoms with Crippen molar-refractivity contribution < 1.29 is 0 Å². The lowest BCUT2D eigenvalue weighted by Gasteiger charge is -2.33. The maximum Gasteiger partial charge on any atom is 0.0178 e. The van der Waals surface area contributed by atoms with Gasteiger partial charge in [-0.2, -0.15) is 0 Å². The lowest BCUT2D eigenvalue weighted by atomic mass is 9.77. The molecule has 0 saturated carbocycles. The van der Waals surface area contributed by atoms with E-state index in [9.17, 15) is 0 Å². The molecule has 2 atom stereocenters. The standard InChI is InChI=1S/C18H20BrN/c1-13-5-7-14(8-6-13)18-12-20-10-9-17(18)15-3-2-4-16(19)11-15/h2-8,11,17-18,20H,9-10,12H2,1H3. The first kappa shape index (κ1) is 13.8. The number of benzene rings is 2. The summed E-state index contributed by atoms with van der Waals surface area (Å²) in [6, 6.07) is 17.8.